The molecule has 0 fully saturated rings. The molecule has 1 amide bonds. The lowest BCUT2D eigenvalue weighted by molar-refractivity contribution is 0.0940. The van der Waals surface area contributed by atoms with Crippen LogP contribution in [0.5, 0.6) is 0 Å². The molecule has 1 heterocycles. The van der Waals surface area contributed by atoms with Crippen molar-refractivity contribution in [3.8, 4) is 5.69 Å². The SMILES string of the molecule is Cc1ccc(Sc2ccc(=O)n(-c3ccc(C(=O)N[C@@H](C)c4ccccc4)cc3)n2)cc1. The lowest BCUT2D eigenvalue weighted by Gasteiger charge is -2.14. The number of hydrogen-bond donors (Lipinski definition) is 1. The van der Waals surface area contributed by atoms with Crippen molar-refractivity contribution in [2.75, 3.05) is 0 Å². The van der Waals surface area contributed by atoms with Crippen molar-refractivity contribution in [2.45, 2.75) is 29.8 Å². The first-order chi connectivity index (χ1) is 15.5. The van der Waals surface area contributed by atoms with Crippen LogP contribution >= 0.6 is 11.8 Å². The molecule has 6 heteroatoms. The van der Waals surface area contributed by atoms with Gasteiger partial charge in [0.15, 0.2) is 0 Å². The van der Waals surface area contributed by atoms with Gasteiger partial charge in [-0.25, -0.2) is 0 Å². The van der Waals surface area contributed by atoms with E-state index in [9.17, 15) is 9.59 Å². The van der Waals surface area contributed by atoms with E-state index in [2.05, 4.69) is 10.4 Å². The molecule has 0 unspecified atom stereocenters. The highest BCUT2D eigenvalue weighted by Gasteiger charge is 2.12. The van der Waals surface area contributed by atoms with Gasteiger partial charge in [-0.2, -0.15) is 9.78 Å². The smallest absolute Gasteiger partial charge is 0.271 e. The molecular formula is C26H23N3O2S. The molecule has 0 aliphatic rings. The van der Waals surface area contributed by atoms with Crippen LogP contribution in [0.25, 0.3) is 5.69 Å². The molecule has 0 aliphatic heterocycles. The highest BCUT2D eigenvalue weighted by molar-refractivity contribution is 7.99. The lowest BCUT2D eigenvalue weighted by atomic mass is 10.1. The molecule has 0 radical (unpaired) electrons. The number of aryl methyl sites for hydroxylation is 1. The summed E-state index contributed by atoms with van der Waals surface area (Å²) in [6.07, 6.45) is 0. The molecule has 32 heavy (non-hydrogen) atoms. The monoisotopic (exact) mass is 441 g/mol. The molecule has 0 saturated carbocycles. The first kappa shape index (κ1) is 21.6. The number of aromatic nitrogens is 2. The zero-order valence-corrected chi connectivity index (χ0v) is 18.7. The number of nitrogens with one attached hydrogen (secondary N) is 1. The Morgan fingerprint density at radius 3 is 2.28 bits per heavy atom. The molecular weight excluding hydrogens is 418 g/mol. The van der Waals surface area contributed by atoms with E-state index in [0.717, 1.165) is 10.5 Å². The minimum atomic E-state index is -0.229. The van der Waals surface area contributed by atoms with E-state index in [1.807, 2.05) is 68.4 Å². The summed E-state index contributed by atoms with van der Waals surface area (Å²) in [7, 11) is 0. The summed E-state index contributed by atoms with van der Waals surface area (Å²) in [5.41, 5.74) is 3.13. The molecule has 1 atom stereocenters. The van der Waals surface area contributed by atoms with Gasteiger partial charge in [0.25, 0.3) is 11.5 Å². The fraction of sp³-hybridized carbons (Fsp3) is 0.115. The number of nitrogens with zero attached hydrogens (tertiary/aromatic N) is 2. The quantitative estimate of drug-likeness (QED) is 0.448. The van der Waals surface area contributed by atoms with Crippen molar-refractivity contribution in [3.05, 3.63) is 118 Å². The molecule has 160 valence electrons. The third-order valence-corrected chi connectivity index (χ3v) is 5.98. The zero-order chi connectivity index (χ0) is 22.5. The van der Waals surface area contributed by atoms with E-state index >= 15 is 0 Å². The first-order valence-corrected chi connectivity index (χ1v) is 11.1. The largest absolute Gasteiger partial charge is 0.346 e. The maximum absolute atomic E-state index is 12.6. The van der Waals surface area contributed by atoms with Crippen molar-refractivity contribution in [2.24, 2.45) is 0 Å². The third kappa shape index (κ3) is 5.15. The number of hydrogen-bond acceptors (Lipinski definition) is 4. The van der Waals surface area contributed by atoms with Crippen LogP contribution in [0.1, 0.15) is 34.5 Å². The van der Waals surface area contributed by atoms with Crippen molar-refractivity contribution in [1.82, 2.24) is 15.1 Å². The predicted molar refractivity (Wildman–Crippen MR) is 127 cm³/mol. The number of rotatable bonds is 6. The predicted octanol–water partition coefficient (Wildman–Crippen LogP) is 5.18. The second kappa shape index (κ2) is 9.66. The maximum atomic E-state index is 12.6. The second-order valence-corrected chi connectivity index (χ2v) is 8.58. The van der Waals surface area contributed by atoms with Crippen molar-refractivity contribution in [1.29, 1.82) is 0 Å². The van der Waals surface area contributed by atoms with E-state index in [-0.39, 0.29) is 17.5 Å². The number of benzene rings is 3. The summed E-state index contributed by atoms with van der Waals surface area (Å²) in [5.74, 6) is -0.170. The van der Waals surface area contributed by atoms with E-state index in [4.69, 9.17) is 0 Å². The van der Waals surface area contributed by atoms with Crippen LogP contribution in [0.4, 0.5) is 0 Å². The second-order valence-electron chi connectivity index (χ2n) is 7.49. The highest BCUT2D eigenvalue weighted by Crippen LogP contribution is 2.25. The lowest BCUT2D eigenvalue weighted by Crippen LogP contribution is -2.26. The first-order valence-electron chi connectivity index (χ1n) is 10.3. The summed E-state index contributed by atoms with van der Waals surface area (Å²) in [6, 6.07) is 27.9. The Morgan fingerprint density at radius 2 is 1.59 bits per heavy atom. The van der Waals surface area contributed by atoms with Gasteiger partial charge in [-0.3, -0.25) is 9.59 Å². The van der Waals surface area contributed by atoms with Gasteiger partial charge in [0.2, 0.25) is 0 Å². The molecule has 1 aromatic heterocycles. The molecule has 0 aliphatic carbocycles. The Bertz CT molecular complexity index is 1270. The Hall–Kier alpha value is -3.64. The standard InChI is InChI=1S/C26H23N3O2S/c1-18-8-14-23(15-9-18)32-24-16-17-25(30)29(28-24)22-12-10-21(11-13-22)26(31)27-19(2)20-6-4-3-5-7-20/h3-17,19H,1-2H3,(H,27,31)/t19-/m0/s1. The van der Waals surface area contributed by atoms with Gasteiger partial charge >= 0.3 is 0 Å². The van der Waals surface area contributed by atoms with Crippen molar-refractivity contribution in [3.63, 3.8) is 0 Å². The van der Waals surface area contributed by atoms with Crippen LogP contribution in [-0.2, 0) is 0 Å². The van der Waals surface area contributed by atoms with Crippen LogP contribution in [0, 0.1) is 6.92 Å². The molecule has 4 rings (SSSR count). The van der Waals surface area contributed by atoms with Crippen LogP contribution in [-0.4, -0.2) is 15.7 Å². The van der Waals surface area contributed by atoms with E-state index < -0.39 is 0 Å². The molecule has 3 aromatic carbocycles. The van der Waals surface area contributed by atoms with Crippen LogP contribution in [0.15, 0.2) is 106 Å². The minimum absolute atomic E-state index is 0.108. The van der Waals surface area contributed by atoms with Gasteiger partial charge in [-0.15, -0.1) is 0 Å². The normalized spacial score (nSPS) is 11.7. The van der Waals surface area contributed by atoms with Crippen LogP contribution < -0.4 is 10.9 Å². The van der Waals surface area contributed by atoms with Gasteiger partial charge in [0, 0.05) is 16.5 Å². The van der Waals surface area contributed by atoms with Gasteiger partial charge < -0.3 is 5.32 Å². The average Bonchev–Trinajstić information content (AvgIpc) is 2.82. The Labute approximate surface area is 191 Å². The number of carbonyl (C=O) groups is 1. The Balaban J connectivity index is 1.50. The maximum Gasteiger partial charge on any atom is 0.271 e. The van der Waals surface area contributed by atoms with Crippen LogP contribution in [0.3, 0.4) is 0 Å². The van der Waals surface area contributed by atoms with E-state index in [1.165, 1.54) is 28.1 Å². The summed E-state index contributed by atoms with van der Waals surface area (Å²) in [4.78, 5) is 26.1. The Kier molecular flexibility index (Phi) is 6.52. The molecule has 0 bridgehead atoms. The molecule has 0 saturated heterocycles. The summed E-state index contributed by atoms with van der Waals surface area (Å²) < 4.78 is 1.35. The summed E-state index contributed by atoms with van der Waals surface area (Å²) >= 11 is 1.49. The molecule has 5 nitrogen and oxygen atoms in total. The number of amides is 1. The Morgan fingerprint density at radius 1 is 0.906 bits per heavy atom. The van der Waals surface area contributed by atoms with E-state index in [0.29, 0.717) is 16.3 Å². The average molecular weight is 442 g/mol. The fourth-order valence-electron chi connectivity index (χ4n) is 3.22. The highest BCUT2D eigenvalue weighted by atomic mass is 32.2. The molecule has 1 N–H and O–H groups in total. The van der Waals surface area contributed by atoms with Gasteiger partial charge in [0.05, 0.1) is 11.7 Å². The van der Waals surface area contributed by atoms with Gasteiger partial charge in [0.1, 0.15) is 5.03 Å². The van der Waals surface area contributed by atoms with Crippen LogP contribution in [0.2, 0.25) is 0 Å². The topological polar surface area (TPSA) is 64.0 Å². The van der Waals surface area contributed by atoms with Crippen molar-refractivity contribution >= 4 is 17.7 Å². The van der Waals surface area contributed by atoms with Crippen molar-refractivity contribution < 1.29 is 4.79 Å². The number of carbonyl (C=O) groups excluding carboxylic acids is 1. The fourth-order valence-corrected chi connectivity index (χ4v) is 3.99. The summed E-state index contributed by atoms with van der Waals surface area (Å²) in [6.45, 7) is 3.99. The van der Waals surface area contributed by atoms with Gasteiger partial charge in [-0.05, 0) is 61.9 Å². The van der Waals surface area contributed by atoms with Gasteiger partial charge in [-0.1, -0.05) is 59.8 Å². The molecule has 0 spiro atoms. The summed E-state index contributed by atoms with van der Waals surface area (Å²) in [5, 5.41) is 8.20. The molecule has 4 aromatic rings. The zero-order valence-electron chi connectivity index (χ0n) is 17.9. The van der Waals surface area contributed by atoms with E-state index in [1.54, 1.807) is 30.3 Å². The third-order valence-electron chi connectivity index (χ3n) is 5.04. The minimum Gasteiger partial charge on any atom is -0.346 e.